The normalized spacial score (nSPS) is 11.4. The molecule has 0 aliphatic heterocycles. The van der Waals surface area contributed by atoms with Crippen LogP contribution >= 0.6 is 0 Å². The average Bonchev–Trinajstić information content (AvgIpc) is 3.30. The lowest BCUT2D eigenvalue weighted by Gasteiger charge is -2.20. The van der Waals surface area contributed by atoms with Crippen LogP contribution in [0.3, 0.4) is 0 Å². The molecular weight excluding hydrogens is 408 g/mol. The summed E-state index contributed by atoms with van der Waals surface area (Å²) < 4.78 is 5.52. The lowest BCUT2D eigenvalue weighted by molar-refractivity contribution is -0.132. The highest BCUT2D eigenvalue weighted by Crippen LogP contribution is 2.22. The highest BCUT2D eigenvalue weighted by molar-refractivity contribution is 5.97. The van der Waals surface area contributed by atoms with Gasteiger partial charge in [0, 0.05) is 22.3 Å². The van der Waals surface area contributed by atoms with Gasteiger partial charge in [-0.25, -0.2) is 5.48 Å². The first kappa shape index (κ1) is 22.8. The third-order valence-electron chi connectivity index (χ3n) is 4.83. The van der Waals surface area contributed by atoms with E-state index in [1.807, 2.05) is 30.3 Å². The van der Waals surface area contributed by atoms with E-state index in [1.54, 1.807) is 49.7 Å². The van der Waals surface area contributed by atoms with Crippen molar-refractivity contribution < 1.29 is 24.3 Å². The SMILES string of the molecule is CC(C)C(NC(=O)c1ccc(C#Cc2ccc(-c3ccc(CO)o3)cc2)cc1)C(=O)NO. The molecule has 0 fully saturated rings. The summed E-state index contributed by atoms with van der Waals surface area (Å²) in [6, 6.07) is 17.0. The molecule has 3 aromatic rings. The maximum Gasteiger partial charge on any atom is 0.266 e. The van der Waals surface area contributed by atoms with Crippen LogP contribution in [-0.4, -0.2) is 28.2 Å². The number of aliphatic hydroxyl groups excluding tert-OH is 1. The van der Waals surface area contributed by atoms with E-state index in [1.165, 1.54) is 0 Å². The number of carbonyl (C=O) groups is 2. The molecule has 0 radical (unpaired) electrons. The van der Waals surface area contributed by atoms with E-state index in [4.69, 9.17) is 14.7 Å². The number of amides is 2. The molecule has 32 heavy (non-hydrogen) atoms. The molecular formula is C25H24N2O5. The summed E-state index contributed by atoms with van der Waals surface area (Å²) in [5.74, 6) is 6.05. The Balaban J connectivity index is 1.66. The summed E-state index contributed by atoms with van der Waals surface area (Å²) in [6.07, 6.45) is 0. The number of rotatable bonds is 6. The first-order valence-corrected chi connectivity index (χ1v) is 10.1. The van der Waals surface area contributed by atoms with Crippen LogP contribution in [0.5, 0.6) is 0 Å². The molecule has 1 unspecified atom stereocenters. The quantitative estimate of drug-likeness (QED) is 0.272. The van der Waals surface area contributed by atoms with Gasteiger partial charge in [-0.2, -0.15) is 0 Å². The number of hydrogen-bond donors (Lipinski definition) is 4. The van der Waals surface area contributed by atoms with E-state index in [-0.39, 0.29) is 12.5 Å². The van der Waals surface area contributed by atoms with E-state index >= 15 is 0 Å². The van der Waals surface area contributed by atoms with Gasteiger partial charge < -0.3 is 14.8 Å². The molecule has 2 aromatic carbocycles. The van der Waals surface area contributed by atoms with Gasteiger partial charge in [-0.05, 0) is 54.4 Å². The van der Waals surface area contributed by atoms with Crippen molar-refractivity contribution in [2.45, 2.75) is 26.5 Å². The Kier molecular flexibility index (Phi) is 7.45. The topological polar surface area (TPSA) is 112 Å². The number of nitrogens with one attached hydrogen (secondary N) is 2. The zero-order valence-corrected chi connectivity index (χ0v) is 17.8. The Morgan fingerprint density at radius 2 is 1.53 bits per heavy atom. The van der Waals surface area contributed by atoms with Crippen LogP contribution in [0, 0.1) is 17.8 Å². The second-order valence-corrected chi connectivity index (χ2v) is 7.50. The number of furan rings is 1. The minimum absolute atomic E-state index is 0.139. The standard InChI is InChI=1S/C25H24N2O5/c1-16(2)23(25(30)27-31)26-24(29)20-11-7-18(8-12-20)4-3-17-5-9-19(10-6-17)22-14-13-21(15-28)32-22/h5-14,16,23,28,31H,15H2,1-2H3,(H,26,29)(H,27,30). The van der Waals surface area contributed by atoms with Crippen molar-refractivity contribution >= 4 is 11.8 Å². The van der Waals surface area contributed by atoms with E-state index in [0.29, 0.717) is 17.1 Å². The molecule has 7 nitrogen and oxygen atoms in total. The Morgan fingerprint density at radius 3 is 2.03 bits per heavy atom. The van der Waals surface area contributed by atoms with Crippen molar-refractivity contribution in [3.05, 3.63) is 83.1 Å². The van der Waals surface area contributed by atoms with E-state index in [0.717, 1.165) is 16.7 Å². The van der Waals surface area contributed by atoms with Crippen molar-refractivity contribution in [3.63, 3.8) is 0 Å². The molecule has 4 N–H and O–H groups in total. The number of hydroxylamine groups is 1. The smallest absolute Gasteiger partial charge is 0.266 e. The number of carbonyl (C=O) groups excluding carboxylic acids is 2. The molecule has 0 spiro atoms. The summed E-state index contributed by atoms with van der Waals surface area (Å²) >= 11 is 0. The molecule has 1 atom stereocenters. The molecule has 0 aliphatic rings. The third-order valence-corrected chi connectivity index (χ3v) is 4.83. The fourth-order valence-electron chi connectivity index (χ4n) is 3.01. The second-order valence-electron chi connectivity index (χ2n) is 7.50. The van der Waals surface area contributed by atoms with Gasteiger partial charge >= 0.3 is 0 Å². The Morgan fingerprint density at radius 1 is 0.938 bits per heavy atom. The predicted molar refractivity (Wildman–Crippen MR) is 119 cm³/mol. The van der Waals surface area contributed by atoms with Gasteiger partial charge in [-0.1, -0.05) is 37.8 Å². The molecule has 0 saturated carbocycles. The molecule has 0 bridgehead atoms. The van der Waals surface area contributed by atoms with Crippen LogP contribution < -0.4 is 10.8 Å². The van der Waals surface area contributed by atoms with Gasteiger partial charge in [0.1, 0.15) is 24.2 Å². The molecule has 1 heterocycles. The number of aliphatic hydroxyl groups is 1. The van der Waals surface area contributed by atoms with Crippen LogP contribution in [0.1, 0.15) is 41.1 Å². The highest BCUT2D eigenvalue weighted by Gasteiger charge is 2.24. The third kappa shape index (κ3) is 5.64. The Labute approximate surface area is 186 Å². The monoisotopic (exact) mass is 432 g/mol. The maximum atomic E-state index is 12.4. The second kappa shape index (κ2) is 10.4. The van der Waals surface area contributed by atoms with Crippen molar-refractivity contribution in [1.82, 2.24) is 10.8 Å². The van der Waals surface area contributed by atoms with E-state index in [2.05, 4.69) is 17.2 Å². The fraction of sp³-hybridized carbons (Fsp3) is 0.200. The minimum atomic E-state index is -0.841. The Hall–Kier alpha value is -3.86. The van der Waals surface area contributed by atoms with Crippen molar-refractivity contribution in [2.24, 2.45) is 5.92 Å². The predicted octanol–water partition coefficient (Wildman–Crippen LogP) is 3.10. The van der Waals surface area contributed by atoms with Crippen LogP contribution in [-0.2, 0) is 11.4 Å². The van der Waals surface area contributed by atoms with Crippen LogP contribution in [0.4, 0.5) is 0 Å². The number of benzene rings is 2. The summed E-state index contributed by atoms with van der Waals surface area (Å²) in [6.45, 7) is 3.40. The van der Waals surface area contributed by atoms with Gasteiger partial charge in [0.05, 0.1) is 0 Å². The van der Waals surface area contributed by atoms with Crippen molar-refractivity contribution in [1.29, 1.82) is 0 Å². The fourth-order valence-corrected chi connectivity index (χ4v) is 3.01. The summed E-state index contributed by atoms with van der Waals surface area (Å²) in [7, 11) is 0. The Bertz CT molecular complexity index is 1140. The largest absolute Gasteiger partial charge is 0.459 e. The molecule has 7 heteroatoms. The van der Waals surface area contributed by atoms with E-state index < -0.39 is 17.9 Å². The molecule has 0 saturated heterocycles. The molecule has 3 rings (SSSR count). The van der Waals surface area contributed by atoms with Gasteiger partial charge in [0.2, 0.25) is 0 Å². The molecule has 164 valence electrons. The first-order valence-electron chi connectivity index (χ1n) is 10.1. The van der Waals surface area contributed by atoms with E-state index in [9.17, 15) is 9.59 Å². The van der Waals surface area contributed by atoms with Crippen LogP contribution in [0.25, 0.3) is 11.3 Å². The van der Waals surface area contributed by atoms with Gasteiger partial charge in [0.25, 0.3) is 11.8 Å². The van der Waals surface area contributed by atoms with Gasteiger partial charge in [-0.15, -0.1) is 0 Å². The van der Waals surface area contributed by atoms with Crippen molar-refractivity contribution in [3.8, 4) is 23.2 Å². The molecule has 0 aliphatic carbocycles. The van der Waals surface area contributed by atoms with Crippen LogP contribution in [0.15, 0.2) is 65.1 Å². The summed E-state index contributed by atoms with van der Waals surface area (Å²) in [5.41, 5.74) is 4.40. The molecule has 2 amide bonds. The first-order chi connectivity index (χ1) is 15.4. The number of hydrogen-bond acceptors (Lipinski definition) is 5. The van der Waals surface area contributed by atoms with Gasteiger partial charge in [-0.3, -0.25) is 14.8 Å². The zero-order valence-electron chi connectivity index (χ0n) is 17.8. The average molecular weight is 432 g/mol. The van der Waals surface area contributed by atoms with Gasteiger partial charge in [0.15, 0.2) is 0 Å². The zero-order chi connectivity index (χ0) is 23.1. The molecule has 1 aromatic heterocycles. The highest BCUT2D eigenvalue weighted by atomic mass is 16.5. The minimum Gasteiger partial charge on any atom is -0.459 e. The summed E-state index contributed by atoms with van der Waals surface area (Å²) in [5, 5.41) is 20.5. The maximum absolute atomic E-state index is 12.4. The lowest BCUT2D eigenvalue weighted by atomic mass is 10.0. The lowest BCUT2D eigenvalue weighted by Crippen LogP contribution is -2.48. The summed E-state index contributed by atoms with van der Waals surface area (Å²) in [4.78, 5) is 24.1. The van der Waals surface area contributed by atoms with Crippen molar-refractivity contribution in [2.75, 3.05) is 0 Å². The van der Waals surface area contributed by atoms with Crippen LogP contribution in [0.2, 0.25) is 0 Å².